The first-order valence-electron chi connectivity index (χ1n) is 9.83. The monoisotopic (exact) mass is 412 g/mol. The SMILES string of the molecule is CN=C(NCc1cccc(S(=O)(=O)NCCOC)c1)NC(C)CCCC(C)C. The number of sulfonamides is 1. The van der Waals surface area contributed by atoms with Crippen molar-refractivity contribution in [3.63, 3.8) is 0 Å². The maximum absolute atomic E-state index is 12.3. The molecule has 0 heterocycles. The van der Waals surface area contributed by atoms with E-state index in [2.05, 4.69) is 41.1 Å². The van der Waals surface area contributed by atoms with Gasteiger partial charge >= 0.3 is 0 Å². The number of aliphatic imine (C=N–C) groups is 1. The van der Waals surface area contributed by atoms with Gasteiger partial charge < -0.3 is 15.4 Å². The molecule has 8 heteroatoms. The predicted octanol–water partition coefficient (Wildman–Crippen LogP) is 2.49. The number of rotatable bonds is 12. The van der Waals surface area contributed by atoms with Crippen LogP contribution < -0.4 is 15.4 Å². The minimum atomic E-state index is -3.54. The van der Waals surface area contributed by atoms with E-state index in [1.165, 1.54) is 20.0 Å². The van der Waals surface area contributed by atoms with Crippen LogP contribution in [-0.4, -0.2) is 47.7 Å². The van der Waals surface area contributed by atoms with Crippen molar-refractivity contribution in [1.82, 2.24) is 15.4 Å². The Labute approximate surface area is 170 Å². The van der Waals surface area contributed by atoms with Crippen LogP contribution in [0, 0.1) is 5.92 Å². The summed E-state index contributed by atoms with van der Waals surface area (Å²) in [7, 11) is -0.272. The van der Waals surface area contributed by atoms with Gasteiger partial charge in [-0.15, -0.1) is 0 Å². The number of hydrogen-bond donors (Lipinski definition) is 3. The van der Waals surface area contributed by atoms with Crippen molar-refractivity contribution in [2.75, 3.05) is 27.3 Å². The molecule has 28 heavy (non-hydrogen) atoms. The standard InChI is InChI=1S/C20H36N4O3S/c1-16(2)8-6-9-17(3)24-20(21-4)22-15-18-10-7-11-19(14-18)28(25,26)23-12-13-27-5/h7,10-11,14,16-17,23H,6,8-9,12-13,15H2,1-5H3,(H2,21,22,24). The zero-order valence-electron chi connectivity index (χ0n) is 17.8. The number of hydrogen-bond acceptors (Lipinski definition) is 4. The van der Waals surface area contributed by atoms with Gasteiger partial charge in [0.05, 0.1) is 11.5 Å². The molecule has 0 saturated carbocycles. The molecule has 1 rings (SSSR count). The summed E-state index contributed by atoms with van der Waals surface area (Å²) in [6.07, 6.45) is 3.48. The molecule has 0 radical (unpaired) electrons. The van der Waals surface area contributed by atoms with Crippen LogP contribution in [0.3, 0.4) is 0 Å². The molecule has 0 aliphatic carbocycles. The maximum atomic E-state index is 12.3. The molecule has 0 saturated heterocycles. The lowest BCUT2D eigenvalue weighted by Gasteiger charge is -2.18. The van der Waals surface area contributed by atoms with E-state index >= 15 is 0 Å². The third kappa shape index (κ3) is 9.52. The molecule has 0 aliphatic heterocycles. The highest BCUT2D eigenvalue weighted by Crippen LogP contribution is 2.11. The Morgan fingerprint density at radius 3 is 2.61 bits per heavy atom. The van der Waals surface area contributed by atoms with Crippen molar-refractivity contribution in [2.24, 2.45) is 10.9 Å². The van der Waals surface area contributed by atoms with Crippen LogP contribution in [0.2, 0.25) is 0 Å². The molecule has 0 amide bonds. The van der Waals surface area contributed by atoms with E-state index in [1.807, 2.05) is 6.07 Å². The summed E-state index contributed by atoms with van der Waals surface area (Å²) < 4.78 is 32.1. The first kappa shape index (κ1) is 24.4. The van der Waals surface area contributed by atoms with Crippen molar-refractivity contribution >= 4 is 16.0 Å². The molecule has 1 aromatic carbocycles. The second-order valence-electron chi connectivity index (χ2n) is 7.33. The summed E-state index contributed by atoms with van der Waals surface area (Å²) in [5, 5.41) is 6.63. The van der Waals surface area contributed by atoms with Gasteiger partial charge in [-0.1, -0.05) is 38.8 Å². The summed E-state index contributed by atoms with van der Waals surface area (Å²) in [5.41, 5.74) is 0.866. The number of benzene rings is 1. The molecule has 0 bridgehead atoms. The van der Waals surface area contributed by atoms with Crippen LogP contribution in [0.15, 0.2) is 34.2 Å². The Bertz CT molecular complexity index is 705. The predicted molar refractivity (Wildman–Crippen MR) is 115 cm³/mol. The lowest BCUT2D eigenvalue weighted by Crippen LogP contribution is -2.41. The molecule has 3 N–H and O–H groups in total. The van der Waals surface area contributed by atoms with Crippen molar-refractivity contribution in [1.29, 1.82) is 0 Å². The molecule has 0 fully saturated rings. The number of guanidine groups is 1. The van der Waals surface area contributed by atoms with Gasteiger partial charge in [0.25, 0.3) is 0 Å². The molecule has 0 spiro atoms. The zero-order valence-corrected chi connectivity index (χ0v) is 18.6. The van der Waals surface area contributed by atoms with E-state index in [4.69, 9.17) is 4.74 Å². The van der Waals surface area contributed by atoms with Crippen LogP contribution in [0.5, 0.6) is 0 Å². The van der Waals surface area contributed by atoms with E-state index in [0.29, 0.717) is 25.2 Å². The summed E-state index contributed by atoms with van der Waals surface area (Å²) in [5.74, 6) is 1.43. The molecular formula is C20H36N4O3S. The first-order valence-corrected chi connectivity index (χ1v) is 11.3. The Hall–Kier alpha value is -1.64. The van der Waals surface area contributed by atoms with Crippen LogP contribution >= 0.6 is 0 Å². The van der Waals surface area contributed by atoms with Crippen molar-refractivity contribution in [3.8, 4) is 0 Å². The van der Waals surface area contributed by atoms with Crippen molar-refractivity contribution in [2.45, 2.75) is 57.5 Å². The van der Waals surface area contributed by atoms with Crippen LogP contribution in [0.1, 0.15) is 45.6 Å². The van der Waals surface area contributed by atoms with Gasteiger partial charge in [-0.2, -0.15) is 0 Å². The molecule has 1 atom stereocenters. The summed E-state index contributed by atoms with van der Waals surface area (Å²) in [6, 6.07) is 7.21. The molecule has 0 aromatic heterocycles. The fourth-order valence-electron chi connectivity index (χ4n) is 2.70. The smallest absolute Gasteiger partial charge is 0.240 e. The van der Waals surface area contributed by atoms with E-state index in [1.54, 1.807) is 25.2 Å². The van der Waals surface area contributed by atoms with Gasteiger partial charge in [0, 0.05) is 33.3 Å². The largest absolute Gasteiger partial charge is 0.383 e. The third-order valence-corrected chi connectivity index (χ3v) is 5.75. The van der Waals surface area contributed by atoms with Gasteiger partial charge in [-0.25, -0.2) is 13.1 Å². The Morgan fingerprint density at radius 2 is 1.96 bits per heavy atom. The van der Waals surface area contributed by atoms with Gasteiger partial charge in [0.15, 0.2) is 5.96 Å². The zero-order chi connectivity index (χ0) is 21.0. The number of ether oxygens (including phenoxy) is 1. The van der Waals surface area contributed by atoms with Gasteiger partial charge in [0.2, 0.25) is 10.0 Å². The van der Waals surface area contributed by atoms with Crippen LogP contribution in [-0.2, 0) is 21.3 Å². The number of nitrogens with zero attached hydrogens (tertiary/aromatic N) is 1. The average molecular weight is 413 g/mol. The Balaban J connectivity index is 2.59. The minimum Gasteiger partial charge on any atom is -0.383 e. The van der Waals surface area contributed by atoms with E-state index < -0.39 is 10.0 Å². The van der Waals surface area contributed by atoms with E-state index in [0.717, 1.165) is 17.9 Å². The topological polar surface area (TPSA) is 91.8 Å². The summed E-state index contributed by atoms with van der Waals surface area (Å²) >= 11 is 0. The highest BCUT2D eigenvalue weighted by Gasteiger charge is 2.14. The highest BCUT2D eigenvalue weighted by atomic mass is 32.2. The fourth-order valence-corrected chi connectivity index (χ4v) is 3.79. The van der Waals surface area contributed by atoms with Crippen molar-refractivity contribution < 1.29 is 13.2 Å². The van der Waals surface area contributed by atoms with Crippen LogP contribution in [0.4, 0.5) is 0 Å². The van der Waals surface area contributed by atoms with Gasteiger partial charge in [-0.05, 0) is 37.0 Å². The lowest BCUT2D eigenvalue weighted by molar-refractivity contribution is 0.204. The maximum Gasteiger partial charge on any atom is 0.240 e. The quantitative estimate of drug-likeness (QED) is 0.279. The normalized spacial score (nSPS) is 13.6. The van der Waals surface area contributed by atoms with E-state index in [9.17, 15) is 8.42 Å². The van der Waals surface area contributed by atoms with Crippen LogP contribution in [0.25, 0.3) is 0 Å². The summed E-state index contributed by atoms with van der Waals surface area (Å²) in [6.45, 7) is 7.68. The molecule has 0 aliphatic rings. The molecule has 160 valence electrons. The third-order valence-electron chi connectivity index (χ3n) is 4.29. The second-order valence-corrected chi connectivity index (χ2v) is 9.10. The van der Waals surface area contributed by atoms with Gasteiger partial charge in [-0.3, -0.25) is 4.99 Å². The number of methoxy groups -OCH3 is 1. The second kappa shape index (κ2) is 12.7. The Kier molecular flexibility index (Phi) is 11.1. The average Bonchev–Trinajstić information content (AvgIpc) is 2.65. The molecule has 7 nitrogen and oxygen atoms in total. The highest BCUT2D eigenvalue weighted by molar-refractivity contribution is 7.89. The minimum absolute atomic E-state index is 0.243. The fraction of sp³-hybridized carbons (Fsp3) is 0.650. The van der Waals surface area contributed by atoms with Gasteiger partial charge in [0.1, 0.15) is 0 Å². The number of nitrogens with one attached hydrogen (secondary N) is 3. The molecule has 1 unspecified atom stereocenters. The Morgan fingerprint density at radius 1 is 1.21 bits per heavy atom. The van der Waals surface area contributed by atoms with E-state index in [-0.39, 0.29) is 11.4 Å². The molecular weight excluding hydrogens is 376 g/mol. The summed E-state index contributed by atoms with van der Waals surface area (Å²) in [4.78, 5) is 4.50. The van der Waals surface area contributed by atoms with Crippen molar-refractivity contribution in [3.05, 3.63) is 29.8 Å². The first-order chi connectivity index (χ1) is 13.3. The molecule has 1 aromatic rings. The lowest BCUT2D eigenvalue weighted by atomic mass is 10.0.